The van der Waals surface area contributed by atoms with E-state index in [2.05, 4.69) is 31.1 Å². The molecule has 2 heterocycles. The van der Waals surface area contributed by atoms with Gasteiger partial charge in [0.05, 0.1) is 23.7 Å². The molecule has 0 saturated carbocycles. The molecule has 4 rings (SSSR count). The third-order valence-electron chi connectivity index (χ3n) is 4.75. The number of carbonyl (C=O) groups excluding carboxylic acids is 2. The van der Waals surface area contributed by atoms with E-state index in [4.69, 9.17) is 20.8 Å². The van der Waals surface area contributed by atoms with E-state index in [0.717, 1.165) is 5.56 Å². The Kier molecular flexibility index (Phi) is 7.34. The van der Waals surface area contributed by atoms with Crippen LogP contribution in [0.25, 0.3) is 0 Å². The number of hydrogen-bond donors (Lipinski definition) is 1. The molecule has 1 N–H and O–H groups in total. The molecular formula is C24H19BrClN3O5. The Morgan fingerprint density at radius 2 is 1.82 bits per heavy atom. The van der Waals surface area contributed by atoms with Gasteiger partial charge in [0.25, 0.3) is 5.91 Å². The summed E-state index contributed by atoms with van der Waals surface area (Å²) in [4.78, 5) is 24.1. The van der Waals surface area contributed by atoms with Crippen molar-refractivity contribution in [2.75, 3.05) is 12.4 Å². The van der Waals surface area contributed by atoms with Crippen molar-refractivity contribution in [1.82, 2.24) is 9.78 Å². The molecule has 2 aromatic heterocycles. The molecule has 174 valence electrons. The van der Waals surface area contributed by atoms with Gasteiger partial charge in [0.1, 0.15) is 18.1 Å². The SMILES string of the molecule is COC(=O)c1ccc(OCc2ccc(C(=O)Nc3nn(Cc4ccc(Cl)cc4)cc3Br)o2)cc1. The first-order valence-corrected chi connectivity index (χ1v) is 11.3. The molecule has 0 atom stereocenters. The van der Waals surface area contributed by atoms with Crippen molar-refractivity contribution in [3.8, 4) is 5.75 Å². The lowest BCUT2D eigenvalue weighted by Crippen LogP contribution is -2.12. The Bertz CT molecular complexity index is 1300. The smallest absolute Gasteiger partial charge is 0.337 e. The summed E-state index contributed by atoms with van der Waals surface area (Å²) < 4.78 is 18.3. The van der Waals surface area contributed by atoms with Crippen molar-refractivity contribution >= 4 is 45.2 Å². The Hall–Kier alpha value is -3.56. The van der Waals surface area contributed by atoms with E-state index in [1.165, 1.54) is 7.11 Å². The van der Waals surface area contributed by atoms with Gasteiger partial charge in [-0.15, -0.1) is 0 Å². The number of esters is 1. The zero-order valence-electron chi connectivity index (χ0n) is 18.0. The van der Waals surface area contributed by atoms with Gasteiger partial charge in [0.2, 0.25) is 0 Å². The van der Waals surface area contributed by atoms with Crippen LogP contribution in [0, 0.1) is 0 Å². The minimum Gasteiger partial charge on any atom is -0.486 e. The lowest BCUT2D eigenvalue weighted by molar-refractivity contribution is 0.0600. The van der Waals surface area contributed by atoms with E-state index >= 15 is 0 Å². The summed E-state index contributed by atoms with van der Waals surface area (Å²) >= 11 is 9.34. The summed E-state index contributed by atoms with van der Waals surface area (Å²) in [6.07, 6.45) is 1.77. The highest BCUT2D eigenvalue weighted by molar-refractivity contribution is 9.10. The second kappa shape index (κ2) is 10.6. The predicted molar refractivity (Wildman–Crippen MR) is 129 cm³/mol. The lowest BCUT2D eigenvalue weighted by Gasteiger charge is -2.05. The number of aromatic nitrogens is 2. The van der Waals surface area contributed by atoms with Gasteiger partial charge in [-0.1, -0.05) is 23.7 Å². The van der Waals surface area contributed by atoms with Crippen molar-refractivity contribution in [3.05, 3.63) is 99.0 Å². The van der Waals surface area contributed by atoms with Crippen molar-refractivity contribution in [2.45, 2.75) is 13.2 Å². The first kappa shape index (κ1) is 23.6. The zero-order valence-corrected chi connectivity index (χ0v) is 20.3. The number of benzene rings is 2. The fraction of sp³-hybridized carbons (Fsp3) is 0.125. The zero-order chi connectivity index (χ0) is 24.1. The number of rotatable bonds is 8. The summed E-state index contributed by atoms with van der Waals surface area (Å²) in [5.41, 5.74) is 1.45. The van der Waals surface area contributed by atoms with Crippen LogP contribution in [0.15, 0.2) is 75.8 Å². The molecule has 10 heteroatoms. The second-order valence-corrected chi connectivity index (χ2v) is 8.47. The van der Waals surface area contributed by atoms with E-state index in [1.807, 2.05) is 24.3 Å². The fourth-order valence-corrected chi connectivity index (χ4v) is 3.59. The highest BCUT2D eigenvalue weighted by Crippen LogP contribution is 2.23. The second-order valence-electron chi connectivity index (χ2n) is 7.17. The monoisotopic (exact) mass is 543 g/mol. The number of anilines is 1. The molecule has 0 spiro atoms. The Morgan fingerprint density at radius 1 is 1.09 bits per heavy atom. The van der Waals surface area contributed by atoms with E-state index in [1.54, 1.807) is 47.3 Å². The minimum absolute atomic E-state index is 0.115. The molecule has 0 aliphatic carbocycles. The van der Waals surface area contributed by atoms with Gasteiger partial charge >= 0.3 is 5.97 Å². The van der Waals surface area contributed by atoms with Gasteiger partial charge in [-0.2, -0.15) is 5.10 Å². The quantitative estimate of drug-likeness (QED) is 0.292. The van der Waals surface area contributed by atoms with Crippen LogP contribution in [-0.4, -0.2) is 28.8 Å². The van der Waals surface area contributed by atoms with E-state index < -0.39 is 11.9 Å². The maximum atomic E-state index is 12.6. The third kappa shape index (κ3) is 5.86. The molecule has 1 amide bonds. The standard InChI is InChI=1S/C24H19BrClN3O5/c1-32-24(31)16-4-8-18(9-5-16)33-14-19-10-11-21(34-19)23(30)27-22-20(25)13-29(28-22)12-15-2-6-17(26)7-3-15/h2-11,13H,12,14H2,1H3,(H,27,28,30). The van der Waals surface area contributed by atoms with Crippen molar-refractivity contribution in [1.29, 1.82) is 0 Å². The van der Waals surface area contributed by atoms with Gasteiger partial charge in [-0.25, -0.2) is 4.79 Å². The third-order valence-corrected chi connectivity index (χ3v) is 5.58. The molecular weight excluding hydrogens is 526 g/mol. The first-order valence-electron chi connectivity index (χ1n) is 10.1. The Labute approximate surface area is 208 Å². The van der Waals surface area contributed by atoms with E-state index in [0.29, 0.717) is 38.9 Å². The van der Waals surface area contributed by atoms with Crippen LogP contribution in [0.2, 0.25) is 5.02 Å². The number of hydrogen-bond acceptors (Lipinski definition) is 6. The number of nitrogens with one attached hydrogen (secondary N) is 1. The molecule has 0 aliphatic rings. The molecule has 8 nitrogen and oxygen atoms in total. The summed E-state index contributed by atoms with van der Waals surface area (Å²) in [7, 11) is 1.32. The number of nitrogens with zero attached hydrogens (tertiary/aromatic N) is 2. The maximum Gasteiger partial charge on any atom is 0.337 e. The van der Waals surface area contributed by atoms with Crippen molar-refractivity contribution < 1.29 is 23.5 Å². The van der Waals surface area contributed by atoms with Crippen LogP contribution >= 0.6 is 27.5 Å². The van der Waals surface area contributed by atoms with Crippen LogP contribution in [0.1, 0.15) is 32.2 Å². The highest BCUT2D eigenvalue weighted by Gasteiger charge is 2.16. The summed E-state index contributed by atoms with van der Waals surface area (Å²) in [5.74, 6) is 0.651. The average Bonchev–Trinajstić information content (AvgIpc) is 3.45. The fourth-order valence-electron chi connectivity index (χ4n) is 3.05. The highest BCUT2D eigenvalue weighted by atomic mass is 79.9. The largest absolute Gasteiger partial charge is 0.486 e. The molecule has 0 saturated heterocycles. The lowest BCUT2D eigenvalue weighted by atomic mass is 10.2. The van der Waals surface area contributed by atoms with Gasteiger partial charge < -0.3 is 19.2 Å². The van der Waals surface area contributed by atoms with E-state index in [9.17, 15) is 9.59 Å². The number of ether oxygens (including phenoxy) is 2. The van der Waals surface area contributed by atoms with Crippen LogP contribution in [0.5, 0.6) is 5.75 Å². The minimum atomic E-state index is -0.439. The van der Waals surface area contributed by atoms with Crippen LogP contribution in [0.4, 0.5) is 5.82 Å². The number of methoxy groups -OCH3 is 1. The van der Waals surface area contributed by atoms with Crippen molar-refractivity contribution in [3.63, 3.8) is 0 Å². The van der Waals surface area contributed by atoms with E-state index in [-0.39, 0.29) is 12.4 Å². The van der Waals surface area contributed by atoms with Crippen molar-refractivity contribution in [2.24, 2.45) is 0 Å². The normalized spacial score (nSPS) is 10.7. The summed E-state index contributed by atoms with van der Waals surface area (Å²) in [6.45, 7) is 0.638. The Balaban J connectivity index is 1.34. The van der Waals surface area contributed by atoms with Gasteiger partial charge in [-0.05, 0) is 70.0 Å². The summed E-state index contributed by atoms with van der Waals surface area (Å²) in [5, 5.41) is 7.81. The van der Waals surface area contributed by atoms with Crippen LogP contribution in [0.3, 0.4) is 0 Å². The predicted octanol–water partition coefficient (Wildman–Crippen LogP) is 5.56. The molecule has 0 aliphatic heterocycles. The number of carbonyl (C=O) groups is 2. The molecule has 2 aromatic carbocycles. The number of amides is 1. The van der Waals surface area contributed by atoms with Gasteiger partial charge in [-0.3, -0.25) is 9.48 Å². The topological polar surface area (TPSA) is 95.6 Å². The van der Waals surface area contributed by atoms with Crippen LogP contribution < -0.4 is 10.1 Å². The number of halogens is 2. The molecule has 0 fully saturated rings. The molecule has 34 heavy (non-hydrogen) atoms. The molecule has 0 unspecified atom stereocenters. The van der Waals surface area contributed by atoms with Crippen LogP contribution in [-0.2, 0) is 17.9 Å². The molecule has 4 aromatic rings. The van der Waals surface area contributed by atoms with Gasteiger partial charge in [0.15, 0.2) is 11.6 Å². The van der Waals surface area contributed by atoms with Gasteiger partial charge in [0, 0.05) is 11.2 Å². The summed E-state index contributed by atoms with van der Waals surface area (Å²) in [6, 6.07) is 17.2. The average molecular weight is 545 g/mol. The first-order chi connectivity index (χ1) is 16.4. The maximum absolute atomic E-state index is 12.6. The molecule has 0 radical (unpaired) electrons. The number of furan rings is 1. The molecule has 0 bridgehead atoms. The Morgan fingerprint density at radius 3 is 2.53 bits per heavy atom.